The number of carbonyl (C=O) groups is 3. The minimum atomic E-state index is -0.518. The van der Waals surface area contributed by atoms with Crippen molar-refractivity contribution in [2.75, 3.05) is 20.7 Å². The van der Waals surface area contributed by atoms with Gasteiger partial charge in [0, 0.05) is 48.5 Å². The first-order valence-electron chi connectivity index (χ1n) is 20.7. The normalized spacial score (nSPS) is 19.1. The number of rotatable bonds is 15. The molecule has 2 amide bonds. The number of ketones is 1. The van der Waals surface area contributed by atoms with Crippen LogP contribution < -0.4 is 14.2 Å². The Morgan fingerprint density at radius 1 is 1.05 bits per heavy atom. The van der Waals surface area contributed by atoms with Crippen LogP contribution in [0.15, 0.2) is 23.6 Å². The van der Waals surface area contributed by atoms with Crippen molar-refractivity contribution in [3.63, 3.8) is 0 Å². The van der Waals surface area contributed by atoms with Crippen molar-refractivity contribution in [1.82, 2.24) is 19.6 Å². The van der Waals surface area contributed by atoms with Gasteiger partial charge in [-0.25, -0.2) is 14.4 Å². The second kappa shape index (κ2) is 25.9. The molecule has 0 radical (unpaired) electrons. The Morgan fingerprint density at radius 2 is 1.75 bits per heavy atom. The van der Waals surface area contributed by atoms with Crippen LogP contribution in [-0.4, -0.2) is 65.0 Å². The highest BCUT2D eigenvalue weighted by atomic mass is 32.2. The van der Waals surface area contributed by atoms with Gasteiger partial charge in [-0.1, -0.05) is 74.1 Å². The second-order valence-electron chi connectivity index (χ2n) is 15.1. The van der Waals surface area contributed by atoms with Crippen LogP contribution in [0.1, 0.15) is 145 Å². The van der Waals surface area contributed by atoms with E-state index in [1.807, 2.05) is 32.3 Å². The molecule has 314 valence electrons. The number of nitrogens with one attached hydrogen (secondary N) is 1. The summed E-state index contributed by atoms with van der Waals surface area (Å²) in [5, 5.41) is 4.03. The highest BCUT2D eigenvalue weighted by molar-refractivity contribution is 7.98. The van der Waals surface area contributed by atoms with Gasteiger partial charge in [0.1, 0.15) is 27.8 Å². The van der Waals surface area contributed by atoms with Crippen LogP contribution in [0.3, 0.4) is 0 Å². The summed E-state index contributed by atoms with van der Waals surface area (Å²) >= 11 is 3.03. The fraction of sp³-hybridized carbons (Fsp3) is 0.659. The quantitative estimate of drug-likeness (QED) is 0.0917. The molecule has 0 bridgehead atoms. The van der Waals surface area contributed by atoms with Crippen molar-refractivity contribution >= 4 is 52.3 Å². The highest BCUT2D eigenvalue weighted by Crippen LogP contribution is 2.40. The Morgan fingerprint density at radius 3 is 2.23 bits per heavy atom. The third-order valence-electron chi connectivity index (χ3n) is 9.89. The molecule has 9 nitrogen and oxygen atoms in total. The molecule has 1 N–H and O–H groups in total. The lowest BCUT2D eigenvalue weighted by Gasteiger charge is -2.17. The van der Waals surface area contributed by atoms with Crippen LogP contribution in [0.25, 0.3) is 21.6 Å². The molecule has 2 aromatic heterocycles. The van der Waals surface area contributed by atoms with Crippen molar-refractivity contribution in [3.05, 3.63) is 35.1 Å². The van der Waals surface area contributed by atoms with E-state index in [0.717, 1.165) is 60.0 Å². The molecule has 1 aromatic carbocycles. The summed E-state index contributed by atoms with van der Waals surface area (Å²) in [5.41, 5.74) is 1.75. The molecule has 56 heavy (non-hydrogen) atoms. The molecule has 3 aromatic rings. The average Bonchev–Trinajstić information content (AvgIpc) is 4.04. The van der Waals surface area contributed by atoms with E-state index in [0.29, 0.717) is 29.2 Å². The molecule has 6 rings (SSSR count). The number of carbonyl (C=O) groups excluding carboxylic acids is 3. The monoisotopic (exact) mass is 816 g/mol. The molecule has 2 heterocycles. The number of aromatic nitrogens is 2. The molecular formula is C44H69FN4O5S2. The number of pyridine rings is 1. The molecular weight excluding hydrogens is 748 g/mol. The number of ether oxygens (including phenoxy) is 2. The number of hydrogen-bond acceptors (Lipinski definition) is 9. The molecule has 0 saturated heterocycles. The number of thiazole rings is 1. The Balaban J connectivity index is 0.000000336. The molecule has 3 fully saturated rings. The summed E-state index contributed by atoms with van der Waals surface area (Å²) in [5.74, 6) is 2.93. The summed E-state index contributed by atoms with van der Waals surface area (Å²) in [4.78, 5) is 43.0. The zero-order valence-corrected chi connectivity index (χ0v) is 37.5. The van der Waals surface area contributed by atoms with Crippen molar-refractivity contribution in [3.8, 4) is 22.2 Å². The molecule has 0 aliphatic heterocycles. The minimum absolute atomic E-state index is 0.0342. The van der Waals surface area contributed by atoms with Gasteiger partial charge in [0.05, 0.1) is 18.9 Å². The van der Waals surface area contributed by atoms with Crippen LogP contribution in [0.4, 0.5) is 4.39 Å². The van der Waals surface area contributed by atoms with E-state index in [4.69, 9.17) is 9.47 Å². The largest absolute Gasteiger partial charge is 0.494 e. The van der Waals surface area contributed by atoms with E-state index in [-0.39, 0.29) is 35.0 Å². The van der Waals surface area contributed by atoms with Gasteiger partial charge in [0.15, 0.2) is 11.6 Å². The van der Waals surface area contributed by atoms with Crippen molar-refractivity contribution in [1.29, 1.82) is 0 Å². The lowest BCUT2D eigenvalue weighted by atomic mass is 10.0. The predicted molar refractivity (Wildman–Crippen MR) is 232 cm³/mol. The van der Waals surface area contributed by atoms with E-state index in [2.05, 4.69) is 49.3 Å². The molecule has 4 atom stereocenters. The van der Waals surface area contributed by atoms with E-state index in [9.17, 15) is 14.4 Å². The Kier molecular flexibility index (Phi) is 22.6. The Bertz CT molecular complexity index is 1630. The molecule has 0 spiro atoms. The van der Waals surface area contributed by atoms with Crippen molar-refractivity contribution in [2.24, 2.45) is 17.8 Å². The van der Waals surface area contributed by atoms with Gasteiger partial charge in [-0.15, -0.1) is 11.3 Å². The first-order chi connectivity index (χ1) is 26.8. The van der Waals surface area contributed by atoms with Gasteiger partial charge in [-0.2, -0.15) is 0 Å². The predicted octanol–water partition coefficient (Wildman–Crippen LogP) is 11.4. The first-order valence-corrected chi connectivity index (χ1v) is 22.4. The van der Waals surface area contributed by atoms with E-state index < -0.39 is 5.82 Å². The fourth-order valence-corrected chi connectivity index (χ4v) is 7.64. The lowest BCUT2D eigenvalue weighted by molar-refractivity contribution is -0.120. The average molecular weight is 817 g/mol. The van der Waals surface area contributed by atoms with Crippen LogP contribution in [0.2, 0.25) is 0 Å². The maximum Gasteiger partial charge on any atom is 0.226 e. The van der Waals surface area contributed by atoms with Crippen LogP contribution in [0.5, 0.6) is 11.5 Å². The number of fused-ring (bicyclic) bond motifs is 1. The highest BCUT2D eigenvalue weighted by Gasteiger charge is 2.31. The van der Waals surface area contributed by atoms with Gasteiger partial charge in [-0.3, -0.25) is 14.4 Å². The standard InChI is InChI=1S/C23H25FN2O3S.C8H17NO.C6H12.C5H9NOS.C2H6/c1-12(2)18-11-30-23(26-18)17-10-20(29-15-6-5-14(9-15)13(3)27)16-7-8-19(28-4)21(24)22(16)25-17;1-3-4-5-6-7-9(2)8-10;1-3-6-4-5(6)2;1-4(7)6-8-5-2-3-5;1-2/h7-8,10-12,14-15H,5-6,9H2,1-4H3;8H,3-7H2,1-2H3;5-6H,3-4H2,1-2H3;5H,2-3H2,1H3,(H,6,7);1-2H3/t14-,15-;;5-,6-;;/m0.1../s1. The van der Waals surface area contributed by atoms with Crippen LogP contribution >= 0.6 is 23.3 Å². The maximum absolute atomic E-state index is 15.1. The summed E-state index contributed by atoms with van der Waals surface area (Å²) < 4.78 is 29.2. The van der Waals surface area contributed by atoms with Gasteiger partial charge in [0.25, 0.3) is 0 Å². The zero-order valence-electron chi connectivity index (χ0n) is 35.9. The van der Waals surface area contributed by atoms with Gasteiger partial charge in [-0.05, 0) is 93.7 Å². The first kappa shape index (κ1) is 48.9. The van der Waals surface area contributed by atoms with Gasteiger partial charge >= 0.3 is 0 Å². The number of methoxy groups -OCH3 is 1. The Hall–Kier alpha value is -3.25. The van der Waals surface area contributed by atoms with E-state index in [1.54, 1.807) is 35.9 Å². The van der Waals surface area contributed by atoms with Crippen molar-refractivity contribution in [2.45, 2.75) is 150 Å². The van der Waals surface area contributed by atoms with Crippen LogP contribution in [-0.2, 0) is 14.4 Å². The van der Waals surface area contributed by atoms with Gasteiger partial charge in [0.2, 0.25) is 12.3 Å². The number of amides is 2. The number of hydrogen-bond donors (Lipinski definition) is 1. The number of nitrogens with zero attached hydrogens (tertiary/aromatic N) is 3. The summed E-state index contributed by atoms with van der Waals surface area (Å²) in [6, 6.07) is 5.18. The van der Waals surface area contributed by atoms with E-state index >= 15 is 4.39 Å². The second-order valence-corrected chi connectivity index (χ2v) is 17.0. The zero-order chi connectivity index (χ0) is 41.8. The van der Waals surface area contributed by atoms with Crippen LogP contribution in [0, 0.1) is 23.6 Å². The number of halogens is 1. The third kappa shape index (κ3) is 17.1. The lowest BCUT2D eigenvalue weighted by Crippen LogP contribution is -2.16. The topological polar surface area (TPSA) is 111 Å². The molecule has 12 heteroatoms. The summed E-state index contributed by atoms with van der Waals surface area (Å²) in [6.07, 6.45) is 13.5. The van der Waals surface area contributed by atoms with E-state index in [1.165, 1.54) is 70.3 Å². The number of benzene rings is 1. The Labute approximate surface area is 344 Å². The number of unbranched alkanes of at least 4 members (excludes halogenated alkanes) is 3. The van der Waals surface area contributed by atoms with Crippen molar-refractivity contribution < 1.29 is 28.2 Å². The molecule has 3 aliphatic rings. The fourth-order valence-electron chi connectivity index (χ4n) is 6.00. The molecule has 3 aliphatic carbocycles. The molecule has 0 unspecified atom stereocenters. The molecule has 3 saturated carbocycles. The van der Waals surface area contributed by atoms with Gasteiger partial charge < -0.3 is 19.1 Å². The smallest absolute Gasteiger partial charge is 0.226 e. The summed E-state index contributed by atoms with van der Waals surface area (Å²) in [7, 11) is 3.25. The SMILES string of the molecule is CC.CC(=O)NSC1CC1.CCCCCCN(C)C=O.CC[C@@H]1C[C@H]1C.COc1ccc2c(O[C@H]3CC[C@H](C(C)=O)C3)cc(-c3nc(C(C)C)cs3)nc2c1F. The third-order valence-corrected chi connectivity index (χ3v) is 12.0. The number of Topliss-reactive ketones (excluding diaryl/α,β-unsaturated/α-hetero) is 1. The maximum atomic E-state index is 15.1. The summed E-state index contributed by atoms with van der Waals surface area (Å²) in [6.45, 7) is 19.0. The minimum Gasteiger partial charge on any atom is -0.494 e.